The Labute approximate surface area is 130 Å². The van der Waals surface area contributed by atoms with Crippen LogP contribution in [0.15, 0.2) is 0 Å². The number of nitrogens with zero attached hydrogens (tertiary/aromatic N) is 1. The first kappa shape index (κ1) is 20.3. The maximum atomic E-state index is 12.2. The zero-order valence-electron chi connectivity index (χ0n) is 14.7. The minimum Gasteiger partial charge on any atom is -0.468 e. The Balaban J connectivity index is 5.03. The molecule has 1 unspecified atom stereocenters. The normalized spacial score (nSPS) is 14.5. The minimum atomic E-state index is -0.679. The fraction of sp³-hybridized carbons (Fsp3) is 0.938. The Hall–Kier alpha value is -0.650. The lowest BCUT2D eigenvalue weighted by molar-refractivity contribution is -0.149. The zero-order valence-corrected chi connectivity index (χ0v) is 14.7. The third-order valence-corrected chi connectivity index (χ3v) is 3.96. The van der Waals surface area contributed by atoms with Gasteiger partial charge in [0.2, 0.25) is 0 Å². The number of hydrogen-bond donors (Lipinski definition) is 1. The summed E-state index contributed by atoms with van der Waals surface area (Å²) in [7, 11) is 3.16. The molecule has 1 atom stereocenters. The Morgan fingerprint density at radius 2 is 1.86 bits per heavy atom. The van der Waals surface area contributed by atoms with E-state index in [1.54, 1.807) is 7.11 Å². The van der Waals surface area contributed by atoms with Crippen LogP contribution in [0.25, 0.3) is 0 Å². The summed E-state index contributed by atoms with van der Waals surface area (Å²) in [5.74, 6) is -0.204. The van der Waals surface area contributed by atoms with E-state index in [0.717, 1.165) is 32.4 Å². The lowest BCUT2D eigenvalue weighted by atomic mass is 9.99. The zero-order chi connectivity index (χ0) is 16.3. The second-order valence-corrected chi connectivity index (χ2v) is 5.68. The fourth-order valence-electron chi connectivity index (χ4n) is 2.63. The quantitative estimate of drug-likeness (QED) is 0.559. The number of nitrogens with one attached hydrogen (secondary N) is 1. The maximum Gasteiger partial charge on any atom is 0.327 e. The fourth-order valence-corrected chi connectivity index (χ4v) is 2.63. The number of ether oxygens (including phenoxy) is 2. The highest BCUT2D eigenvalue weighted by Crippen LogP contribution is 2.15. The van der Waals surface area contributed by atoms with Gasteiger partial charge < -0.3 is 14.8 Å². The van der Waals surface area contributed by atoms with Crippen LogP contribution in [0.1, 0.15) is 47.0 Å². The summed E-state index contributed by atoms with van der Waals surface area (Å²) in [5.41, 5.74) is -0.679. The van der Waals surface area contributed by atoms with Gasteiger partial charge in [-0.25, -0.2) is 0 Å². The SMILES string of the molecule is CCCNC(C)(CN(CCOC)C(CC)CC)C(=O)OC. The number of carbonyl (C=O) groups is 1. The monoisotopic (exact) mass is 302 g/mol. The van der Waals surface area contributed by atoms with E-state index in [1.165, 1.54) is 7.11 Å². The van der Waals surface area contributed by atoms with Crippen LogP contribution in [0, 0.1) is 0 Å². The highest BCUT2D eigenvalue weighted by Gasteiger charge is 2.36. The van der Waals surface area contributed by atoms with E-state index in [-0.39, 0.29) is 5.97 Å². The van der Waals surface area contributed by atoms with Gasteiger partial charge in [-0.1, -0.05) is 20.8 Å². The van der Waals surface area contributed by atoms with E-state index in [4.69, 9.17) is 9.47 Å². The maximum absolute atomic E-state index is 12.2. The van der Waals surface area contributed by atoms with E-state index in [9.17, 15) is 4.79 Å². The summed E-state index contributed by atoms with van der Waals surface area (Å²) < 4.78 is 10.2. The summed E-state index contributed by atoms with van der Waals surface area (Å²) >= 11 is 0. The van der Waals surface area contributed by atoms with E-state index in [0.29, 0.717) is 19.2 Å². The average Bonchev–Trinajstić information content (AvgIpc) is 2.50. The second kappa shape index (κ2) is 11.0. The first-order valence-corrected chi connectivity index (χ1v) is 8.05. The van der Waals surface area contributed by atoms with Gasteiger partial charge in [-0.2, -0.15) is 0 Å². The second-order valence-electron chi connectivity index (χ2n) is 5.68. The Morgan fingerprint density at radius 1 is 1.24 bits per heavy atom. The molecule has 0 aliphatic carbocycles. The highest BCUT2D eigenvalue weighted by atomic mass is 16.5. The molecule has 0 heterocycles. The summed E-state index contributed by atoms with van der Waals surface area (Å²) in [5, 5.41) is 3.35. The number of hydrogen-bond acceptors (Lipinski definition) is 5. The van der Waals surface area contributed by atoms with Crippen molar-refractivity contribution in [2.75, 3.05) is 40.5 Å². The van der Waals surface area contributed by atoms with Crippen LogP contribution in [-0.4, -0.2) is 62.9 Å². The molecule has 0 radical (unpaired) electrons. The number of carbonyl (C=O) groups excluding carboxylic acids is 1. The molecular weight excluding hydrogens is 268 g/mol. The van der Waals surface area contributed by atoms with Gasteiger partial charge in [0.25, 0.3) is 0 Å². The smallest absolute Gasteiger partial charge is 0.327 e. The third kappa shape index (κ3) is 6.76. The van der Waals surface area contributed by atoms with Crippen LogP contribution in [-0.2, 0) is 14.3 Å². The topological polar surface area (TPSA) is 50.8 Å². The van der Waals surface area contributed by atoms with Gasteiger partial charge in [0.05, 0.1) is 13.7 Å². The molecule has 0 rings (SSSR count). The predicted molar refractivity (Wildman–Crippen MR) is 86.5 cm³/mol. The van der Waals surface area contributed by atoms with E-state index in [2.05, 4.69) is 31.0 Å². The van der Waals surface area contributed by atoms with Crippen molar-refractivity contribution in [2.45, 2.75) is 58.5 Å². The molecule has 5 heteroatoms. The van der Waals surface area contributed by atoms with Gasteiger partial charge in [-0.05, 0) is 32.7 Å². The molecule has 1 N–H and O–H groups in total. The number of rotatable bonds is 12. The van der Waals surface area contributed by atoms with Gasteiger partial charge in [-0.3, -0.25) is 9.69 Å². The minimum absolute atomic E-state index is 0.204. The summed E-state index contributed by atoms with van der Waals surface area (Å²) in [6.07, 6.45) is 3.10. The van der Waals surface area contributed by atoms with Gasteiger partial charge in [0.15, 0.2) is 0 Å². The van der Waals surface area contributed by atoms with Crippen LogP contribution in [0.5, 0.6) is 0 Å². The lowest BCUT2D eigenvalue weighted by Gasteiger charge is -2.38. The first-order chi connectivity index (χ1) is 9.98. The standard InChI is InChI=1S/C16H34N2O3/c1-7-10-17-16(4,15(19)21-6)13-18(11-12-20-5)14(8-2)9-3/h14,17H,7-13H2,1-6H3. The van der Waals surface area contributed by atoms with Crippen molar-refractivity contribution in [3.05, 3.63) is 0 Å². The molecule has 0 saturated heterocycles. The van der Waals surface area contributed by atoms with E-state index < -0.39 is 5.54 Å². The molecule has 0 spiro atoms. The largest absolute Gasteiger partial charge is 0.468 e. The number of esters is 1. The van der Waals surface area contributed by atoms with Crippen LogP contribution in [0.3, 0.4) is 0 Å². The third-order valence-electron chi connectivity index (χ3n) is 3.96. The molecule has 0 aliphatic heterocycles. The number of methoxy groups -OCH3 is 2. The van der Waals surface area contributed by atoms with Crippen molar-refractivity contribution in [2.24, 2.45) is 0 Å². The van der Waals surface area contributed by atoms with Crippen molar-refractivity contribution in [3.8, 4) is 0 Å². The van der Waals surface area contributed by atoms with Crippen molar-refractivity contribution >= 4 is 5.97 Å². The first-order valence-electron chi connectivity index (χ1n) is 8.05. The molecule has 0 aromatic rings. The van der Waals surface area contributed by atoms with Crippen molar-refractivity contribution < 1.29 is 14.3 Å². The summed E-state index contributed by atoms with van der Waals surface area (Å²) in [6, 6.07) is 0.451. The summed E-state index contributed by atoms with van der Waals surface area (Å²) in [4.78, 5) is 14.5. The Bertz CT molecular complexity index is 283. The van der Waals surface area contributed by atoms with Crippen molar-refractivity contribution in [1.29, 1.82) is 0 Å². The highest BCUT2D eigenvalue weighted by molar-refractivity contribution is 5.80. The van der Waals surface area contributed by atoms with Gasteiger partial charge in [-0.15, -0.1) is 0 Å². The molecule has 0 aliphatic rings. The summed E-state index contributed by atoms with van der Waals surface area (Å²) in [6.45, 7) is 11.3. The van der Waals surface area contributed by atoms with Crippen LogP contribution >= 0.6 is 0 Å². The van der Waals surface area contributed by atoms with Crippen LogP contribution in [0.4, 0.5) is 0 Å². The lowest BCUT2D eigenvalue weighted by Crippen LogP contribution is -2.59. The molecule has 0 bridgehead atoms. The average molecular weight is 302 g/mol. The molecule has 0 amide bonds. The van der Waals surface area contributed by atoms with Gasteiger partial charge >= 0.3 is 5.97 Å². The van der Waals surface area contributed by atoms with Gasteiger partial charge in [0.1, 0.15) is 5.54 Å². The van der Waals surface area contributed by atoms with E-state index in [1.807, 2.05) is 6.92 Å². The van der Waals surface area contributed by atoms with Crippen molar-refractivity contribution in [1.82, 2.24) is 10.2 Å². The van der Waals surface area contributed by atoms with Crippen LogP contribution in [0.2, 0.25) is 0 Å². The molecule has 21 heavy (non-hydrogen) atoms. The molecule has 0 fully saturated rings. The van der Waals surface area contributed by atoms with Gasteiger partial charge in [0, 0.05) is 26.2 Å². The Morgan fingerprint density at radius 3 is 2.29 bits per heavy atom. The van der Waals surface area contributed by atoms with Crippen LogP contribution < -0.4 is 5.32 Å². The molecule has 5 nitrogen and oxygen atoms in total. The molecule has 126 valence electrons. The van der Waals surface area contributed by atoms with Crippen molar-refractivity contribution in [3.63, 3.8) is 0 Å². The molecule has 0 aromatic heterocycles. The van der Waals surface area contributed by atoms with E-state index >= 15 is 0 Å². The predicted octanol–water partition coefficient (Wildman–Crippen LogP) is 2.05. The Kier molecular flexibility index (Phi) is 10.6. The molecular formula is C16H34N2O3. The molecule has 0 saturated carbocycles. The molecule has 0 aromatic carbocycles.